The Balaban J connectivity index is 1.58. The van der Waals surface area contributed by atoms with Gasteiger partial charge in [-0.1, -0.05) is 12.1 Å². The molecular weight excluding hydrogens is 488 g/mol. The molecule has 37 heavy (non-hydrogen) atoms. The van der Waals surface area contributed by atoms with Gasteiger partial charge in [-0.15, -0.1) is 0 Å². The second-order valence-electron chi connectivity index (χ2n) is 9.60. The van der Waals surface area contributed by atoms with Crippen LogP contribution in [0, 0.1) is 13.8 Å². The number of aromatic nitrogens is 4. The van der Waals surface area contributed by atoms with Crippen molar-refractivity contribution in [3.8, 4) is 0 Å². The van der Waals surface area contributed by atoms with Crippen molar-refractivity contribution in [2.45, 2.75) is 37.2 Å². The first-order valence-electron chi connectivity index (χ1n) is 12.3. The quantitative estimate of drug-likeness (QED) is 0.410. The van der Waals surface area contributed by atoms with Gasteiger partial charge in [-0.05, 0) is 64.3 Å². The van der Waals surface area contributed by atoms with Crippen molar-refractivity contribution in [3.05, 3.63) is 47.2 Å². The van der Waals surface area contributed by atoms with E-state index in [2.05, 4.69) is 20.4 Å². The fourth-order valence-corrected chi connectivity index (χ4v) is 4.92. The van der Waals surface area contributed by atoms with Crippen LogP contribution in [0.4, 0.5) is 17.5 Å². The lowest BCUT2D eigenvalue weighted by Gasteiger charge is -2.36. The van der Waals surface area contributed by atoms with Gasteiger partial charge in [-0.3, -0.25) is 14.7 Å². The Morgan fingerprint density at radius 2 is 1.78 bits per heavy atom. The average molecular weight is 523 g/mol. The number of carbonyl (C=O) groups is 2. The minimum absolute atomic E-state index is 0.139. The number of amides is 1. The molecule has 0 radical (unpaired) electrons. The highest BCUT2D eigenvalue weighted by molar-refractivity contribution is 7.99. The van der Waals surface area contributed by atoms with E-state index in [-0.39, 0.29) is 11.7 Å². The molecule has 0 saturated carbocycles. The number of nitrogens with zero attached hydrogens (tertiary/aromatic N) is 6. The first-order chi connectivity index (χ1) is 17.7. The molecule has 10 nitrogen and oxygen atoms in total. The Bertz CT molecular complexity index is 1250. The van der Waals surface area contributed by atoms with Gasteiger partial charge in [0.25, 0.3) is 0 Å². The number of likely N-dealkylation sites (N-methyl/N-ethyl adjacent to an activating group) is 1. The maximum atomic E-state index is 12.5. The van der Waals surface area contributed by atoms with Crippen LogP contribution in [0.3, 0.4) is 0 Å². The number of benzene rings is 1. The number of Topliss-reactive ketones (excluding diaryl/α,β-unsaturated/α-hetero) is 1. The van der Waals surface area contributed by atoms with Gasteiger partial charge in [0.15, 0.2) is 11.0 Å². The standard InChI is InChI=1S/C26H34N8O2S/c1-17-14-22(31-30-17)27-24-19(3)25(34-12-10-33(11-13-34)23(36)16-32(4)5)29-26(28-24)37-21-8-6-20(7-9-21)15-18(2)35/h6-9,14H,10-13,15-16H2,1-5H3,(H2,27,28,29,30,31). The van der Waals surface area contributed by atoms with Crippen LogP contribution in [0.25, 0.3) is 0 Å². The predicted molar refractivity (Wildman–Crippen MR) is 146 cm³/mol. The van der Waals surface area contributed by atoms with Crippen LogP contribution in [-0.4, -0.2) is 88.5 Å². The summed E-state index contributed by atoms with van der Waals surface area (Å²) in [6.07, 6.45) is 0.427. The molecule has 4 rings (SSSR count). The number of rotatable bonds is 9. The zero-order chi connectivity index (χ0) is 26.5. The summed E-state index contributed by atoms with van der Waals surface area (Å²) in [6.45, 7) is 8.66. The van der Waals surface area contributed by atoms with E-state index in [4.69, 9.17) is 9.97 Å². The van der Waals surface area contributed by atoms with E-state index >= 15 is 0 Å². The number of ketones is 1. The first-order valence-corrected chi connectivity index (χ1v) is 13.1. The van der Waals surface area contributed by atoms with Crippen molar-refractivity contribution in [1.82, 2.24) is 30.0 Å². The molecule has 0 atom stereocenters. The lowest BCUT2D eigenvalue weighted by Crippen LogP contribution is -2.51. The Kier molecular flexibility index (Phi) is 8.45. The number of carbonyl (C=O) groups excluding carboxylic acids is 2. The van der Waals surface area contributed by atoms with Crippen LogP contribution < -0.4 is 10.2 Å². The van der Waals surface area contributed by atoms with Crippen molar-refractivity contribution in [2.24, 2.45) is 0 Å². The fraction of sp³-hybridized carbons (Fsp3) is 0.423. The van der Waals surface area contributed by atoms with Crippen LogP contribution in [0.5, 0.6) is 0 Å². The molecule has 0 spiro atoms. The molecule has 3 aromatic rings. The second kappa shape index (κ2) is 11.7. The Hall–Kier alpha value is -3.44. The molecule has 2 aromatic heterocycles. The third-order valence-electron chi connectivity index (χ3n) is 6.02. The number of aryl methyl sites for hydroxylation is 1. The molecule has 1 saturated heterocycles. The molecule has 0 bridgehead atoms. The minimum Gasteiger partial charge on any atom is -0.353 e. The topological polar surface area (TPSA) is 110 Å². The van der Waals surface area contributed by atoms with Gasteiger partial charge < -0.3 is 20.0 Å². The molecule has 1 amide bonds. The van der Waals surface area contributed by atoms with E-state index in [1.54, 1.807) is 6.92 Å². The molecule has 11 heteroatoms. The van der Waals surface area contributed by atoms with E-state index in [1.165, 1.54) is 11.8 Å². The molecule has 3 heterocycles. The largest absolute Gasteiger partial charge is 0.353 e. The molecule has 0 aliphatic carbocycles. The van der Waals surface area contributed by atoms with Gasteiger partial charge in [0.2, 0.25) is 5.91 Å². The lowest BCUT2D eigenvalue weighted by atomic mass is 10.1. The highest BCUT2D eigenvalue weighted by atomic mass is 32.2. The lowest BCUT2D eigenvalue weighted by molar-refractivity contribution is -0.132. The van der Waals surface area contributed by atoms with Gasteiger partial charge >= 0.3 is 0 Å². The van der Waals surface area contributed by atoms with E-state index in [0.29, 0.717) is 55.9 Å². The normalized spacial score (nSPS) is 13.8. The Morgan fingerprint density at radius 3 is 2.38 bits per heavy atom. The number of anilines is 3. The fourth-order valence-electron chi connectivity index (χ4n) is 4.17. The van der Waals surface area contributed by atoms with Crippen molar-refractivity contribution in [1.29, 1.82) is 0 Å². The van der Waals surface area contributed by atoms with Crippen LogP contribution >= 0.6 is 11.8 Å². The van der Waals surface area contributed by atoms with Crippen LogP contribution in [0.2, 0.25) is 0 Å². The highest BCUT2D eigenvalue weighted by Crippen LogP contribution is 2.32. The summed E-state index contributed by atoms with van der Waals surface area (Å²) in [5.41, 5.74) is 2.86. The number of nitrogens with one attached hydrogen (secondary N) is 2. The van der Waals surface area contributed by atoms with Crippen LogP contribution in [-0.2, 0) is 16.0 Å². The van der Waals surface area contributed by atoms with E-state index < -0.39 is 0 Å². The summed E-state index contributed by atoms with van der Waals surface area (Å²) in [4.78, 5) is 40.7. The maximum absolute atomic E-state index is 12.5. The van der Waals surface area contributed by atoms with Gasteiger partial charge in [0, 0.05) is 54.8 Å². The monoisotopic (exact) mass is 522 g/mol. The number of hydrogen-bond acceptors (Lipinski definition) is 9. The number of aromatic amines is 1. The highest BCUT2D eigenvalue weighted by Gasteiger charge is 2.25. The van der Waals surface area contributed by atoms with Crippen molar-refractivity contribution < 1.29 is 9.59 Å². The number of H-pyrrole nitrogens is 1. The molecule has 1 aliphatic heterocycles. The van der Waals surface area contributed by atoms with E-state index in [0.717, 1.165) is 27.5 Å². The van der Waals surface area contributed by atoms with Crippen molar-refractivity contribution in [3.63, 3.8) is 0 Å². The maximum Gasteiger partial charge on any atom is 0.236 e. The zero-order valence-electron chi connectivity index (χ0n) is 22.0. The van der Waals surface area contributed by atoms with Gasteiger partial charge in [-0.25, -0.2) is 9.97 Å². The summed E-state index contributed by atoms with van der Waals surface area (Å²) in [7, 11) is 3.81. The molecule has 196 valence electrons. The Morgan fingerprint density at radius 1 is 1.08 bits per heavy atom. The zero-order valence-corrected chi connectivity index (χ0v) is 22.9. The van der Waals surface area contributed by atoms with Crippen molar-refractivity contribution >= 4 is 40.9 Å². The molecule has 1 aromatic carbocycles. The Labute approximate surface area is 221 Å². The first kappa shape index (κ1) is 26.6. The third kappa shape index (κ3) is 7.07. The summed E-state index contributed by atoms with van der Waals surface area (Å²) in [5.74, 6) is 2.51. The number of hydrogen-bond donors (Lipinski definition) is 2. The molecule has 2 N–H and O–H groups in total. The summed E-state index contributed by atoms with van der Waals surface area (Å²) in [6, 6.07) is 9.84. The average Bonchev–Trinajstić information content (AvgIpc) is 3.26. The predicted octanol–water partition coefficient (Wildman–Crippen LogP) is 3.05. The molecule has 1 fully saturated rings. The summed E-state index contributed by atoms with van der Waals surface area (Å²) < 4.78 is 0. The second-order valence-corrected chi connectivity index (χ2v) is 10.6. The molecule has 0 unspecified atom stereocenters. The third-order valence-corrected chi connectivity index (χ3v) is 6.89. The van der Waals surface area contributed by atoms with Gasteiger partial charge in [-0.2, -0.15) is 5.10 Å². The summed E-state index contributed by atoms with van der Waals surface area (Å²) >= 11 is 1.47. The number of piperazine rings is 1. The van der Waals surface area contributed by atoms with Gasteiger partial charge in [0.1, 0.15) is 17.4 Å². The van der Waals surface area contributed by atoms with Gasteiger partial charge in [0.05, 0.1) is 6.54 Å². The SMILES string of the molecule is CC(=O)Cc1ccc(Sc2nc(Nc3cc(C)[nH]n3)c(C)c(N3CCN(C(=O)CN(C)C)CC3)n2)cc1. The van der Waals surface area contributed by atoms with E-state index in [1.807, 2.05) is 68.1 Å². The molecular formula is C26H34N8O2S. The smallest absolute Gasteiger partial charge is 0.236 e. The van der Waals surface area contributed by atoms with Crippen molar-refractivity contribution in [2.75, 3.05) is 57.0 Å². The molecule has 1 aliphatic rings. The van der Waals surface area contributed by atoms with Crippen LogP contribution in [0.15, 0.2) is 40.4 Å². The minimum atomic E-state index is 0.139. The van der Waals surface area contributed by atoms with E-state index in [9.17, 15) is 9.59 Å². The van der Waals surface area contributed by atoms with Crippen LogP contribution in [0.1, 0.15) is 23.7 Å². The summed E-state index contributed by atoms with van der Waals surface area (Å²) in [5, 5.41) is 11.2.